The molecule has 1 saturated heterocycles. The lowest BCUT2D eigenvalue weighted by atomic mass is 9.96. The van der Waals surface area contributed by atoms with E-state index in [2.05, 4.69) is 25.7 Å². The minimum atomic E-state index is -2.83. The molecule has 0 amide bonds. The maximum Gasteiger partial charge on any atom is 0.150 e. The Balaban J connectivity index is 2.57. The summed E-state index contributed by atoms with van der Waals surface area (Å²) < 4.78 is 22.8. The first-order chi connectivity index (χ1) is 6.77. The van der Waals surface area contributed by atoms with Crippen molar-refractivity contribution in [3.8, 4) is 0 Å². The molecule has 0 radical (unpaired) electrons. The van der Waals surface area contributed by atoms with Gasteiger partial charge in [-0.25, -0.2) is 8.42 Å². The average Bonchev–Trinajstić information content (AvgIpc) is 2.17. The molecule has 0 bridgehead atoms. The third-order valence-electron chi connectivity index (χ3n) is 3.77. The van der Waals surface area contributed by atoms with Crippen molar-refractivity contribution in [2.45, 2.75) is 50.8 Å². The Bertz CT molecular complexity index is 301. The van der Waals surface area contributed by atoms with E-state index in [4.69, 9.17) is 0 Å². The van der Waals surface area contributed by atoms with Gasteiger partial charge in [0.25, 0.3) is 0 Å². The summed E-state index contributed by atoms with van der Waals surface area (Å²) in [5.41, 5.74) is 0.211. The van der Waals surface area contributed by atoms with Crippen molar-refractivity contribution in [3.05, 3.63) is 0 Å². The fourth-order valence-corrected chi connectivity index (χ4v) is 3.18. The Labute approximate surface area is 93.8 Å². The maximum absolute atomic E-state index is 11.4. The van der Waals surface area contributed by atoms with Gasteiger partial charge in [-0.05, 0) is 46.2 Å². The van der Waals surface area contributed by atoms with E-state index < -0.39 is 9.84 Å². The average molecular weight is 233 g/mol. The molecule has 0 aliphatic carbocycles. The first kappa shape index (κ1) is 13.0. The lowest BCUT2D eigenvalue weighted by molar-refractivity contribution is 0.0932. The van der Waals surface area contributed by atoms with E-state index >= 15 is 0 Å². The maximum atomic E-state index is 11.4. The van der Waals surface area contributed by atoms with E-state index in [1.54, 1.807) is 0 Å². The molecule has 1 heterocycles. The van der Waals surface area contributed by atoms with Gasteiger partial charge in [0.15, 0.2) is 0 Å². The predicted molar refractivity (Wildman–Crippen MR) is 63.8 cm³/mol. The molecule has 0 aromatic rings. The summed E-state index contributed by atoms with van der Waals surface area (Å²) >= 11 is 0. The zero-order chi connectivity index (χ0) is 11.7. The smallest absolute Gasteiger partial charge is 0.150 e. The standard InChI is InChI=1S/C11H23NO2S/c1-5-11(2,3)12-8-6-10(7-9-12)15(4,13)14/h10H,5-9H2,1-4H3. The molecule has 1 aliphatic rings. The minimum absolute atomic E-state index is 0.110. The fraction of sp³-hybridized carbons (Fsp3) is 1.00. The zero-order valence-corrected chi connectivity index (χ0v) is 11.1. The van der Waals surface area contributed by atoms with Gasteiger partial charge in [0.1, 0.15) is 9.84 Å². The lowest BCUT2D eigenvalue weighted by Crippen LogP contribution is -2.49. The van der Waals surface area contributed by atoms with E-state index in [-0.39, 0.29) is 10.8 Å². The molecular weight excluding hydrogens is 210 g/mol. The van der Waals surface area contributed by atoms with Crippen LogP contribution in [0.4, 0.5) is 0 Å². The number of sulfone groups is 1. The molecule has 1 fully saturated rings. The van der Waals surface area contributed by atoms with E-state index in [1.165, 1.54) is 6.26 Å². The Morgan fingerprint density at radius 3 is 2.07 bits per heavy atom. The molecule has 15 heavy (non-hydrogen) atoms. The van der Waals surface area contributed by atoms with Crippen molar-refractivity contribution in [3.63, 3.8) is 0 Å². The van der Waals surface area contributed by atoms with Crippen molar-refractivity contribution in [1.29, 1.82) is 0 Å². The largest absolute Gasteiger partial charge is 0.298 e. The van der Waals surface area contributed by atoms with E-state index in [9.17, 15) is 8.42 Å². The van der Waals surface area contributed by atoms with Crippen LogP contribution in [0.25, 0.3) is 0 Å². The van der Waals surface area contributed by atoms with Gasteiger partial charge < -0.3 is 0 Å². The van der Waals surface area contributed by atoms with Crippen LogP contribution < -0.4 is 0 Å². The summed E-state index contributed by atoms with van der Waals surface area (Å²) in [6, 6.07) is 0. The third kappa shape index (κ3) is 3.18. The molecule has 0 aromatic heterocycles. The summed E-state index contributed by atoms with van der Waals surface area (Å²) in [4.78, 5) is 2.41. The minimum Gasteiger partial charge on any atom is -0.298 e. The van der Waals surface area contributed by atoms with Crippen LogP contribution in [0, 0.1) is 0 Å². The molecule has 1 rings (SSSR count). The van der Waals surface area contributed by atoms with Gasteiger partial charge in [-0.2, -0.15) is 0 Å². The lowest BCUT2D eigenvalue weighted by Gasteiger charge is -2.42. The van der Waals surface area contributed by atoms with Crippen molar-refractivity contribution in [2.75, 3.05) is 19.3 Å². The van der Waals surface area contributed by atoms with E-state index in [1.807, 2.05) is 0 Å². The Kier molecular flexibility index (Phi) is 3.82. The van der Waals surface area contributed by atoms with Crippen LogP contribution in [0.5, 0.6) is 0 Å². The number of hydrogen-bond donors (Lipinski definition) is 0. The fourth-order valence-electron chi connectivity index (χ4n) is 2.11. The first-order valence-electron chi connectivity index (χ1n) is 5.71. The van der Waals surface area contributed by atoms with Crippen LogP contribution in [0.3, 0.4) is 0 Å². The van der Waals surface area contributed by atoms with Gasteiger partial charge in [0, 0.05) is 11.8 Å². The summed E-state index contributed by atoms with van der Waals surface area (Å²) in [6.45, 7) is 8.47. The molecule has 3 nitrogen and oxygen atoms in total. The number of likely N-dealkylation sites (tertiary alicyclic amines) is 1. The van der Waals surface area contributed by atoms with Crippen LogP contribution in [0.15, 0.2) is 0 Å². The highest BCUT2D eigenvalue weighted by atomic mass is 32.2. The number of piperidine rings is 1. The SMILES string of the molecule is CCC(C)(C)N1CCC(S(C)(=O)=O)CC1. The molecule has 0 aromatic carbocycles. The second-order valence-electron chi connectivity index (χ2n) is 5.18. The van der Waals surface area contributed by atoms with Crippen LogP contribution >= 0.6 is 0 Å². The molecule has 1 aliphatic heterocycles. The highest BCUT2D eigenvalue weighted by Gasteiger charge is 2.32. The normalized spacial score (nSPS) is 21.9. The van der Waals surface area contributed by atoms with Crippen molar-refractivity contribution in [2.24, 2.45) is 0 Å². The summed E-state index contributed by atoms with van der Waals surface area (Å²) in [5, 5.41) is -0.110. The zero-order valence-electron chi connectivity index (χ0n) is 10.3. The van der Waals surface area contributed by atoms with Crippen molar-refractivity contribution < 1.29 is 8.42 Å². The third-order valence-corrected chi connectivity index (χ3v) is 5.45. The highest BCUT2D eigenvalue weighted by molar-refractivity contribution is 7.91. The molecule has 4 heteroatoms. The van der Waals surface area contributed by atoms with Crippen LogP contribution in [0.2, 0.25) is 0 Å². The van der Waals surface area contributed by atoms with Gasteiger partial charge >= 0.3 is 0 Å². The summed E-state index contributed by atoms with van der Waals surface area (Å²) in [6.07, 6.45) is 4.05. The van der Waals surface area contributed by atoms with E-state index in [0.29, 0.717) is 0 Å². The van der Waals surface area contributed by atoms with Gasteiger partial charge in [-0.3, -0.25) is 4.90 Å². The highest BCUT2D eigenvalue weighted by Crippen LogP contribution is 2.25. The first-order valence-corrected chi connectivity index (χ1v) is 7.67. The molecule has 0 atom stereocenters. The Morgan fingerprint density at radius 1 is 1.27 bits per heavy atom. The molecule has 0 saturated carbocycles. The van der Waals surface area contributed by atoms with Crippen LogP contribution in [-0.2, 0) is 9.84 Å². The summed E-state index contributed by atoms with van der Waals surface area (Å²) in [5.74, 6) is 0. The number of rotatable bonds is 3. The molecular formula is C11H23NO2S. The van der Waals surface area contributed by atoms with Gasteiger partial charge in [-0.1, -0.05) is 6.92 Å². The van der Waals surface area contributed by atoms with Crippen LogP contribution in [-0.4, -0.2) is 43.5 Å². The van der Waals surface area contributed by atoms with Gasteiger partial charge in [-0.15, -0.1) is 0 Å². The van der Waals surface area contributed by atoms with E-state index in [0.717, 1.165) is 32.4 Å². The monoisotopic (exact) mass is 233 g/mol. The molecule has 0 spiro atoms. The van der Waals surface area contributed by atoms with Crippen LogP contribution in [0.1, 0.15) is 40.0 Å². The van der Waals surface area contributed by atoms with Gasteiger partial charge in [0.05, 0.1) is 5.25 Å². The van der Waals surface area contributed by atoms with Crippen molar-refractivity contribution >= 4 is 9.84 Å². The predicted octanol–water partition coefficient (Wildman–Crippen LogP) is 1.68. The quantitative estimate of drug-likeness (QED) is 0.744. The molecule has 90 valence electrons. The molecule has 0 N–H and O–H groups in total. The second-order valence-corrected chi connectivity index (χ2v) is 7.51. The Morgan fingerprint density at radius 2 is 1.73 bits per heavy atom. The number of nitrogens with zero attached hydrogens (tertiary/aromatic N) is 1. The van der Waals surface area contributed by atoms with Crippen molar-refractivity contribution in [1.82, 2.24) is 4.90 Å². The topological polar surface area (TPSA) is 37.4 Å². The summed E-state index contributed by atoms with van der Waals surface area (Å²) in [7, 11) is -2.83. The van der Waals surface area contributed by atoms with Gasteiger partial charge in [0.2, 0.25) is 0 Å². The molecule has 0 unspecified atom stereocenters. The second kappa shape index (κ2) is 4.42. The number of hydrogen-bond acceptors (Lipinski definition) is 3. The Hall–Kier alpha value is -0.0900.